The number of rotatable bonds is 7. The van der Waals surface area contributed by atoms with Crippen molar-refractivity contribution in [1.29, 1.82) is 0 Å². The molecule has 0 amide bonds. The van der Waals surface area contributed by atoms with Gasteiger partial charge in [0.15, 0.2) is 5.82 Å². The van der Waals surface area contributed by atoms with Crippen molar-refractivity contribution in [2.24, 2.45) is 0 Å². The van der Waals surface area contributed by atoms with Crippen molar-refractivity contribution >= 4 is 39.6 Å². The smallest absolute Gasteiger partial charge is 0.307 e. The lowest BCUT2D eigenvalue weighted by atomic mass is 10.1. The van der Waals surface area contributed by atoms with Crippen LogP contribution >= 0.6 is 11.3 Å². The number of anilines is 2. The molecule has 28 heavy (non-hydrogen) atoms. The van der Waals surface area contributed by atoms with E-state index < -0.39 is 16.8 Å². The molecule has 0 bridgehead atoms. The number of benzene rings is 1. The first kappa shape index (κ1) is 20.2. The van der Waals surface area contributed by atoms with E-state index in [1.807, 2.05) is 31.2 Å². The first-order valence-corrected chi connectivity index (χ1v) is 11.1. The molecule has 2 N–H and O–H groups in total. The third kappa shape index (κ3) is 4.63. The van der Waals surface area contributed by atoms with Crippen LogP contribution in [0.15, 0.2) is 40.6 Å². The highest BCUT2D eigenvalue weighted by Gasteiger charge is 2.14. The first-order chi connectivity index (χ1) is 13.4. The largest absolute Gasteiger partial charge is 0.481 e. The Hall–Kier alpha value is -2.58. The Kier molecular flexibility index (Phi) is 6.21. The average molecular weight is 416 g/mol. The van der Waals surface area contributed by atoms with Gasteiger partial charge in [-0.15, -0.1) is 11.3 Å². The monoisotopic (exact) mass is 415 g/mol. The van der Waals surface area contributed by atoms with Crippen LogP contribution in [0.3, 0.4) is 0 Å². The van der Waals surface area contributed by atoms with Crippen LogP contribution in [0.4, 0.5) is 11.5 Å². The quantitative estimate of drug-likeness (QED) is 0.601. The molecule has 2 heterocycles. The molecule has 0 fully saturated rings. The standard InChI is InChI=1S/C20H21N3O3S2/c1-4-15-12(2)21-20(16-9-10-18(27-16)28(3)26)23-19(15)22-14-7-5-13(6-8-14)11-17(24)25/h5-10H,4,11H2,1-3H3,(H,24,25)(H,21,22,23). The number of thiophene rings is 1. The molecule has 8 heteroatoms. The van der Waals surface area contributed by atoms with Gasteiger partial charge >= 0.3 is 5.97 Å². The van der Waals surface area contributed by atoms with E-state index in [1.54, 1.807) is 18.4 Å². The van der Waals surface area contributed by atoms with E-state index in [-0.39, 0.29) is 6.42 Å². The van der Waals surface area contributed by atoms with Crippen molar-refractivity contribution in [2.45, 2.75) is 30.9 Å². The Morgan fingerprint density at radius 3 is 2.46 bits per heavy atom. The van der Waals surface area contributed by atoms with E-state index >= 15 is 0 Å². The molecule has 2 aromatic heterocycles. The summed E-state index contributed by atoms with van der Waals surface area (Å²) in [6.07, 6.45) is 2.43. The highest BCUT2D eigenvalue weighted by Crippen LogP contribution is 2.30. The topological polar surface area (TPSA) is 92.2 Å². The molecule has 0 aliphatic rings. The van der Waals surface area contributed by atoms with Gasteiger partial charge in [0.2, 0.25) is 0 Å². The van der Waals surface area contributed by atoms with Crippen molar-refractivity contribution in [3.8, 4) is 10.7 Å². The van der Waals surface area contributed by atoms with E-state index in [4.69, 9.17) is 10.1 Å². The number of hydrogen-bond donors (Lipinski definition) is 2. The number of aryl methyl sites for hydroxylation is 1. The highest BCUT2D eigenvalue weighted by atomic mass is 32.2. The predicted molar refractivity (Wildman–Crippen MR) is 113 cm³/mol. The van der Waals surface area contributed by atoms with Gasteiger partial charge in [-0.25, -0.2) is 9.97 Å². The Morgan fingerprint density at radius 1 is 1.18 bits per heavy atom. The molecule has 0 saturated carbocycles. The summed E-state index contributed by atoms with van der Waals surface area (Å²) < 4.78 is 12.5. The zero-order valence-electron chi connectivity index (χ0n) is 15.9. The third-order valence-electron chi connectivity index (χ3n) is 4.22. The molecular weight excluding hydrogens is 394 g/mol. The number of carboxylic acids is 1. The molecular formula is C20H21N3O3S2. The van der Waals surface area contributed by atoms with Crippen molar-refractivity contribution in [2.75, 3.05) is 11.6 Å². The van der Waals surface area contributed by atoms with Gasteiger partial charge < -0.3 is 10.4 Å². The van der Waals surface area contributed by atoms with Crippen molar-refractivity contribution in [3.05, 3.63) is 53.2 Å². The van der Waals surface area contributed by atoms with Gasteiger partial charge in [-0.2, -0.15) is 0 Å². The highest BCUT2D eigenvalue weighted by molar-refractivity contribution is 7.86. The molecule has 1 atom stereocenters. The molecule has 0 aliphatic carbocycles. The van der Waals surface area contributed by atoms with Crippen LogP contribution in [-0.4, -0.2) is 31.5 Å². The van der Waals surface area contributed by atoms with Gasteiger partial charge in [-0.1, -0.05) is 19.1 Å². The minimum atomic E-state index is -1.03. The number of carbonyl (C=O) groups is 1. The summed E-state index contributed by atoms with van der Waals surface area (Å²) in [7, 11) is -1.03. The lowest BCUT2D eigenvalue weighted by molar-refractivity contribution is -0.136. The summed E-state index contributed by atoms with van der Waals surface area (Å²) in [5.74, 6) is 0.471. The minimum Gasteiger partial charge on any atom is -0.481 e. The number of hydrogen-bond acceptors (Lipinski definition) is 6. The van der Waals surface area contributed by atoms with E-state index in [1.165, 1.54) is 11.3 Å². The van der Waals surface area contributed by atoms with Gasteiger partial charge in [-0.3, -0.25) is 9.00 Å². The van der Waals surface area contributed by atoms with Crippen LogP contribution in [0.25, 0.3) is 10.7 Å². The number of nitrogens with zero attached hydrogens (tertiary/aromatic N) is 2. The van der Waals surface area contributed by atoms with Crippen molar-refractivity contribution in [3.63, 3.8) is 0 Å². The van der Waals surface area contributed by atoms with Crippen molar-refractivity contribution < 1.29 is 14.1 Å². The SMILES string of the molecule is CCc1c(C)nc(-c2ccc(S(C)=O)s2)nc1Nc1ccc(CC(=O)O)cc1. The Labute approximate surface area is 170 Å². The van der Waals surface area contributed by atoms with Crippen LogP contribution in [0.1, 0.15) is 23.7 Å². The number of carboxylic acid groups (broad SMARTS) is 1. The zero-order valence-corrected chi connectivity index (χ0v) is 17.5. The van der Waals surface area contributed by atoms with Crippen LogP contribution < -0.4 is 5.32 Å². The Morgan fingerprint density at radius 2 is 1.89 bits per heavy atom. The summed E-state index contributed by atoms with van der Waals surface area (Å²) >= 11 is 1.43. The first-order valence-electron chi connectivity index (χ1n) is 8.76. The van der Waals surface area contributed by atoms with Gasteiger partial charge in [0.05, 0.1) is 26.3 Å². The molecule has 3 aromatic rings. The maximum Gasteiger partial charge on any atom is 0.307 e. The second-order valence-corrected chi connectivity index (χ2v) is 8.97. The second kappa shape index (κ2) is 8.62. The fraction of sp³-hybridized carbons (Fsp3) is 0.250. The molecule has 146 valence electrons. The summed E-state index contributed by atoms with van der Waals surface area (Å²) in [6.45, 7) is 4.01. The lowest BCUT2D eigenvalue weighted by Gasteiger charge is -2.14. The predicted octanol–water partition coefficient (Wildman–Crippen LogP) is 4.18. The molecule has 1 unspecified atom stereocenters. The van der Waals surface area contributed by atoms with Crippen LogP contribution in [-0.2, 0) is 28.4 Å². The van der Waals surface area contributed by atoms with E-state index in [0.29, 0.717) is 5.82 Å². The number of nitrogens with one attached hydrogen (secondary N) is 1. The van der Waals surface area contributed by atoms with Crippen molar-refractivity contribution in [1.82, 2.24) is 9.97 Å². The van der Waals surface area contributed by atoms with Gasteiger partial charge in [-0.05, 0) is 43.2 Å². The Bertz CT molecular complexity index is 1030. The third-order valence-corrected chi connectivity index (χ3v) is 6.76. The maximum atomic E-state index is 11.7. The fourth-order valence-electron chi connectivity index (χ4n) is 2.85. The van der Waals surface area contributed by atoms with E-state index in [2.05, 4.69) is 17.2 Å². The van der Waals surface area contributed by atoms with E-state index in [9.17, 15) is 9.00 Å². The summed E-state index contributed by atoms with van der Waals surface area (Å²) in [6, 6.07) is 11.0. The molecule has 1 aromatic carbocycles. The summed E-state index contributed by atoms with van der Waals surface area (Å²) in [4.78, 5) is 21.0. The molecule has 0 aliphatic heterocycles. The van der Waals surface area contributed by atoms with Crippen LogP contribution in [0.2, 0.25) is 0 Å². The lowest BCUT2D eigenvalue weighted by Crippen LogP contribution is -2.05. The molecule has 0 radical (unpaired) electrons. The number of aromatic nitrogens is 2. The molecule has 3 rings (SSSR count). The fourth-order valence-corrected chi connectivity index (χ4v) is 4.51. The average Bonchev–Trinajstić information content (AvgIpc) is 3.13. The molecule has 0 saturated heterocycles. The second-order valence-electron chi connectivity index (χ2n) is 6.28. The van der Waals surface area contributed by atoms with Gasteiger partial charge in [0.25, 0.3) is 0 Å². The van der Waals surface area contributed by atoms with Crippen LogP contribution in [0, 0.1) is 6.92 Å². The maximum absolute atomic E-state index is 11.7. The summed E-state index contributed by atoms with van der Waals surface area (Å²) in [5, 5.41) is 12.2. The normalized spacial score (nSPS) is 12.0. The molecule has 0 spiro atoms. The van der Waals surface area contributed by atoms with Gasteiger partial charge in [0.1, 0.15) is 5.82 Å². The zero-order chi connectivity index (χ0) is 20.3. The van der Waals surface area contributed by atoms with Gasteiger partial charge in [0, 0.05) is 23.2 Å². The molecule has 6 nitrogen and oxygen atoms in total. The Balaban J connectivity index is 1.93. The minimum absolute atomic E-state index is 0.00321. The van der Waals surface area contributed by atoms with Crippen LogP contribution in [0.5, 0.6) is 0 Å². The number of aliphatic carboxylic acids is 1. The van der Waals surface area contributed by atoms with E-state index in [0.717, 1.165) is 43.8 Å². The summed E-state index contributed by atoms with van der Waals surface area (Å²) in [5.41, 5.74) is 3.49.